The highest BCUT2D eigenvalue weighted by Crippen LogP contribution is 2.22. The van der Waals surface area contributed by atoms with Gasteiger partial charge in [-0.2, -0.15) is 0 Å². The normalized spacial score (nSPS) is 11.3. The Morgan fingerprint density at radius 2 is 1.80 bits per heavy atom. The zero-order valence-electron chi connectivity index (χ0n) is 7.61. The molecule has 3 rings (SSSR count). The molecule has 0 radical (unpaired) electrons. The monoisotopic (exact) mass is 324 g/mol. The fourth-order valence-corrected chi connectivity index (χ4v) is 2.34. The van der Waals surface area contributed by atoms with Gasteiger partial charge in [0.2, 0.25) is 0 Å². The number of halogens is 2. The Kier molecular flexibility index (Phi) is 2.07. The van der Waals surface area contributed by atoms with Crippen LogP contribution in [0.5, 0.6) is 0 Å². The molecule has 4 heteroatoms. The molecule has 0 saturated heterocycles. The molecule has 0 atom stereocenters. The van der Waals surface area contributed by atoms with Crippen LogP contribution in [0.3, 0.4) is 0 Å². The first-order valence-corrected chi connectivity index (χ1v) is 6.05. The van der Waals surface area contributed by atoms with Gasteiger partial charge in [-0.1, -0.05) is 31.9 Å². The van der Waals surface area contributed by atoms with Gasteiger partial charge >= 0.3 is 0 Å². The molecule has 0 spiro atoms. The SMILES string of the molecule is Brc1ccc2c(c1)nc1cc(Br)ccn12. The predicted molar refractivity (Wildman–Crippen MR) is 68.1 cm³/mol. The molecule has 0 aliphatic carbocycles. The molecule has 2 heterocycles. The van der Waals surface area contributed by atoms with E-state index in [1.165, 1.54) is 0 Å². The zero-order chi connectivity index (χ0) is 10.4. The maximum absolute atomic E-state index is 4.54. The van der Waals surface area contributed by atoms with Crippen molar-refractivity contribution in [1.29, 1.82) is 0 Å². The summed E-state index contributed by atoms with van der Waals surface area (Å²) in [5, 5.41) is 0. The van der Waals surface area contributed by atoms with Crippen LogP contribution in [0.25, 0.3) is 16.7 Å². The van der Waals surface area contributed by atoms with E-state index in [4.69, 9.17) is 0 Å². The topological polar surface area (TPSA) is 17.3 Å². The largest absolute Gasteiger partial charge is 0.300 e. The number of nitrogens with zero attached hydrogens (tertiary/aromatic N) is 2. The van der Waals surface area contributed by atoms with Crippen molar-refractivity contribution in [1.82, 2.24) is 9.38 Å². The Hall–Kier alpha value is -0.870. The minimum absolute atomic E-state index is 0.956. The lowest BCUT2D eigenvalue weighted by molar-refractivity contribution is 1.22. The number of rotatable bonds is 0. The van der Waals surface area contributed by atoms with Crippen molar-refractivity contribution in [3.05, 3.63) is 45.5 Å². The van der Waals surface area contributed by atoms with Crippen molar-refractivity contribution in [3.63, 3.8) is 0 Å². The number of benzene rings is 1. The second-order valence-corrected chi connectivity index (χ2v) is 5.15. The van der Waals surface area contributed by atoms with Crippen LogP contribution in [0.1, 0.15) is 0 Å². The number of hydrogen-bond donors (Lipinski definition) is 0. The Morgan fingerprint density at radius 3 is 2.67 bits per heavy atom. The molecule has 1 aromatic carbocycles. The third-order valence-corrected chi connectivity index (χ3v) is 3.32. The lowest BCUT2D eigenvalue weighted by atomic mass is 10.3. The first-order chi connectivity index (χ1) is 7.24. The summed E-state index contributed by atoms with van der Waals surface area (Å²) in [4.78, 5) is 4.54. The van der Waals surface area contributed by atoms with Crippen LogP contribution in [0.15, 0.2) is 45.5 Å². The van der Waals surface area contributed by atoms with E-state index in [2.05, 4.69) is 47.3 Å². The molecule has 74 valence electrons. The molecule has 0 bridgehead atoms. The second kappa shape index (κ2) is 3.32. The summed E-state index contributed by atoms with van der Waals surface area (Å²) in [5.74, 6) is 0. The number of imidazole rings is 1. The molecular weight excluding hydrogens is 320 g/mol. The van der Waals surface area contributed by atoms with Crippen molar-refractivity contribution < 1.29 is 0 Å². The van der Waals surface area contributed by atoms with Gasteiger partial charge in [-0.15, -0.1) is 0 Å². The average molecular weight is 326 g/mol. The molecule has 15 heavy (non-hydrogen) atoms. The van der Waals surface area contributed by atoms with Crippen LogP contribution >= 0.6 is 31.9 Å². The fourth-order valence-electron chi connectivity index (χ4n) is 1.67. The summed E-state index contributed by atoms with van der Waals surface area (Å²) in [6.45, 7) is 0. The van der Waals surface area contributed by atoms with Gasteiger partial charge in [-0.05, 0) is 30.3 Å². The molecule has 0 N–H and O–H groups in total. The zero-order valence-corrected chi connectivity index (χ0v) is 10.8. The van der Waals surface area contributed by atoms with Crippen LogP contribution in [0, 0.1) is 0 Å². The van der Waals surface area contributed by atoms with Gasteiger partial charge in [0, 0.05) is 15.1 Å². The second-order valence-electron chi connectivity index (χ2n) is 3.32. The Bertz CT molecular complexity index is 602. The predicted octanol–water partition coefficient (Wildman–Crippen LogP) is 4.01. The van der Waals surface area contributed by atoms with Crippen LogP contribution in [-0.4, -0.2) is 9.38 Å². The highest BCUT2D eigenvalue weighted by molar-refractivity contribution is 9.10. The maximum Gasteiger partial charge on any atom is 0.139 e. The fraction of sp³-hybridized carbons (Fsp3) is 0. The highest BCUT2D eigenvalue weighted by Gasteiger charge is 2.04. The van der Waals surface area contributed by atoms with Gasteiger partial charge in [-0.3, -0.25) is 4.40 Å². The van der Waals surface area contributed by atoms with Gasteiger partial charge in [0.05, 0.1) is 11.0 Å². The number of pyridine rings is 1. The van der Waals surface area contributed by atoms with Crippen molar-refractivity contribution in [2.75, 3.05) is 0 Å². The summed E-state index contributed by atoms with van der Waals surface area (Å²) in [7, 11) is 0. The number of hydrogen-bond acceptors (Lipinski definition) is 1. The quantitative estimate of drug-likeness (QED) is 0.610. The molecule has 0 amide bonds. The summed E-state index contributed by atoms with van der Waals surface area (Å²) < 4.78 is 4.17. The minimum Gasteiger partial charge on any atom is -0.300 e. The highest BCUT2D eigenvalue weighted by atomic mass is 79.9. The van der Waals surface area contributed by atoms with Gasteiger partial charge < -0.3 is 0 Å². The Morgan fingerprint density at radius 1 is 1.00 bits per heavy atom. The molecule has 2 nitrogen and oxygen atoms in total. The molecule has 0 saturated carbocycles. The summed E-state index contributed by atoms with van der Waals surface area (Å²) in [5.41, 5.74) is 3.08. The van der Waals surface area contributed by atoms with E-state index in [1.807, 2.05) is 30.5 Å². The Balaban J connectivity index is 2.51. The molecule has 2 aromatic heterocycles. The third kappa shape index (κ3) is 1.48. The van der Waals surface area contributed by atoms with Crippen molar-refractivity contribution in [2.45, 2.75) is 0 Å². The van der Waals surface area contributed by atoms with E-state index in [0.29, 0.717) is 0 Å². The smallest absolute Gasteiger partial charge is 0.139 e. The molecule has 3 aromatic rings. The lowest BCUT2D eigenvalue weighted by Gasteiger charge is -1.95. The van der Waals surface area contributed by atoms with E-state index in [9.17, 15) is 0 Å². The van der Waals surface area contributed by atoms with Crippen molar-refractivity contribution in [2.24, 2.45) is 0 Å². The molecule has 0 aliphatic heterocycles. The van der Waals surface area contributed by atoms with Crippen LogP contribution in [0.2, 0.25) is 0 Å². The average Bonchev–Trinajstić information content (AvgIpc) is 2.53. The van der Waals surface area contributed by atoms with E-state index in [-0.39, 0.29) is 0 Å². The number of aromatic nitrogens is 2. The summed E-state index contributed by atoms with van der Waals surface area (Å²) in [6, 6.07) is 10.1. The van der Waals surface area contributed by atoms with Gasteiger partial charge in [0.15, 0.2) is 0 Å². The van der Waals surface area contributed by atoms with Crippen LogP contribution < -0.4 is 0 Å². The summed E-state index contributed by atoms with van der Waals surface area (Å²) >= 11 is 6.89. The molecule has 0 unspecified atom stereocenters. The Labute approximate surface area is 103 Å². The van der Waals surface area contributed by atoms with Gasteiger partial charge in [0.1, 0.15) is 5.65 Å². The summed E-state index contributed by atoms with van der Waals surface area (Å²) in [6.07, 6.45) is 2.02. The van der Waals surface area contributed by atoms with Gasteiger partial charge in [-0.25, -0.2) is 4.98 Å². The van der Waals surface area contributed by atoms with E-state index in [1.54, 1.807) is 0 Å². The van der Waals surface area contributed by atoms with E-state index >= 15 is 0 Å². The van der Waals surface area contributed by atoms with Crippen LogP contribution in [0.4, 0.5) is 0 Å². The lowest BCUT2D eigenvalue weighted by Crippen LogP contribution is -1.82. The van der Waals surface area contributed by atoms with Crippen LogP contribution in [-0.2, 0) is 0 Å². The maximum atomic E-state index is 4.54. The van der Waals surface area contributed by atoms with Crippen molar-refractivity contribution >= 4 is 48.5 Å². The minimum atomic E-state index is 0.956. The molecule has 0 aliphatic rings. The molecular formula is C11H6Br2N2. The standard InChI is InChI=1S/C11H6Br2N2/c12-7-1-2-10-9(5-7)14-11-6-8(13)3-4-15(10)11/h1-6H. The van der Waals surface area contributed by atoms with Gasteiger partial charge in [0.25, 0.3) is 0 Å². The van der Waals surface area contributed by atoms with Crippen molar-refractivity contribution in [3.8, 4) is 0 Å². The number of fused-ring (bicyclic) bond motifs is 3. The van der Waals surface area contributed by atoms with E-state index in [0.717, 1.165) is 25.6 Å². The van der Waals surface area contributed by atoms with E-state index < -0.39 is 0 Å². The molecule has 0 fully saturated rings. The first kappa shape index (κ1) is 9.36. The third-order valence-electron chi connectivity index (χ3n) is 2.33. The first-order valence-electron chi connectivity index (χ1n) is 4.47.